The lowest BCUT2D eigenvalue weighted by Crippen LogP contribution is -2.36. The zero-order valence-corrected chi connectivity index (χ0v) is 13.3. The van der Waals surface area contributed by atoms with E-state index in [0.29, 0.717) is 12.1 Å². The molecule has 2 rings (SSSR count). The van der Waals surface area contributed by atoms with Gasteiger partial charge in [0.05, 0.1) is 12.1 Å². The molecule has 0 saturated carbocycles. The molecular formula is C15H14IN3O2. The summed E-state index contributed by atoms with van der Waals surface area (Å²) in [4.78, 5) is 27.6. The van der Waals surface area contributed by atoms with Gasteiger partial charge < -0.3 is 10.6 Å². The van der Waals surface area contributed by atoms with Gasteiger partial charge in [-0.3, -0.25) is 14.6 Å². The Morgan fingerprint density at radius 3 is 2.62 bits per heavy atom. The molecule has 6 heteroatoms. The maximum absolute atomic E-state index is 11.9. The molecule has 0 unspecified atom stereocenters. The van der Waals surface area contributed by atoms with Gasteiger partial charge in [-0.15, -0.1) is 0 Å². The zero-order chi connectivity index (χ0) is 15.1. The van der Waals surface area contributed by atoms with Crippen molar-refractivity contribution in [3.8, 4) is 0 Å². The molecule has 0 aliphatic heterocycles. The Labute approximate surface area is 136 Å². The molecule has 21 heavy (non-hydrogen) atoms. The van der Waals surface area contributed by atoms with E-state index in [1.165, 1.54) is 0 Å². The minimum absolute atomic E-state index is 0.0515. The average Bonchev–Trinajstić information content (AvgIpc) is 2.52. The van der Waals surface area contributed by atoms with Crippen LogP contribution >= 0.6 is 22.6 Å². The highest BCUT2D eigenvalue weighted by molar-refractivity contribution is 14.1. The molecule has 0 spiro atoms. The van der Waals surface area contributed by atoms with Gasteiger partial charge in [-0.2, -0.15) is 0 Å². The van der Waals surface area contributed by atoms with Crippen molar-refractivity contribution >= 4 is 34.4 Å². The summed E-state index contributed by atoms with van der Waals surface area (Å²) in [6.45, 7) is 0.343. The van der Waals surface area contributed by atoms with Gasteiger partial charge in [-0.1, -0.05) is 18.2 Å². The van der Waals surface area contributed by atoms with Gasteiger partial charge in [0, 0.05) is 22.5 Å². The topological polar surface area (TPSA) is 71.1 Å². The van der Waals surface area contributed by atoms with Crippen LogP contribution in [0.3, 0.4) is 0 Å². The van der Waals surface area contributed by atoms with E-state index in [-0.39, 0.29) is 18.4 Å². The lowest BCUT2D eigenvalue weighted by molar-refractivity contribution is -0.120. The lowest BCUT2D eigenvalue weighted by Gasteiger charge is -2.08. The molecule has 1 aromatic heterocycles. The Hall–Kier alpha value is -1.96. The molecule has 0 fully saturated rings. The highest BCUT2D eigenvalue weighted by atomic mass is 127. The molecule has 0 bridgehead atoms. The SMILES string of the molecule is O=C(CNC(=O)c1ccccc1I)NCc1cccnc1. The first-order chi connectivity index (χ1) is 10.2. The van der Waals surface area contributed by atoms with Crippen LogP contribution in [0.5, 0.6) is 0 Å². The summed E-state index contributed by atoms with van der Waals surface area (Å²) >= 11 is 2.09. The van der Waals surface area contributed by atoms with E-state index < -0.39 is 0 Å². The third kappa shape index (κ3) is 4.82. The fourth-order valence-corrected chi connectivity index (χ4v) is 2.30. The molecular weight excluding hydrogens is 381 g/mol. The van der Waals surface area contributed by atoms with Crippen molar-refractivity contribution in [1.82, 2.24) is 15.6 Å². The second-order valence-corrected chi connectivity index (χ2v) is 5.46. The maximum Gasteiger partial charge on any atom is 0.252 e. The number of nitrogens with zero attached hydrogens (tertiary/aromatic N) is 1. The van der Waals surface area contributed by atoms with Crippen LogP contribution in [-0.2, 0) is 11.3 Å². The molecule has 0 aliphatic carbocycles. The van der Waals surface area contributed by atoms with Crippen LogP contribution < -0.4 is 10.6 Å². The number of nitrogens with one attached hydrogen (secondary N) is 2. The molecule has 2 aromatic rings. The number of hydrogen-bond donors (Lipinski definition) is 2. The summed E-state index contributed by atoms with van der Waals surface area (Å²) < 4.78 is 0.850. The van der Waals surface area contributed by atoms with Gasteiger partial charge in [0.15, 0.2) is 0 Å². The Morgan fingerprint density at radius 2 is 1.90 bits per heavy atom. The monoisotopic (exact) mass is 395 g/mol. The molecule has 0 radical (unpaired) electrons. The summed E-state index contributed by atoms with van der Waals surface area (Å²) in [7, 11) is 0. The van der Waals surface area contributed by atoms with Crippen molar-refractivity contribution in [2.24, 2.45) is 0 Å². The van der Waals surface area contributed by atoms with Crippen LogP contribution in [0.25, 0.3) is 0 Å². The molecule has 1 aromatic carbocycles. The number of carbonyl (C=O) groups is 2. The zero-order valence-electron chi connectivity index (χ0n) is 11.2. The number of pyridine rings is 1. The average molecular weight is 395 g/mol. The van der Waals surface area contributed by atoms with Crippen molar-refractivity contribution in [1.29, 1.82) is 0 Å². The largest absolute Gasteiger partial charge is 0.350 e. The van der Waals surface area contributed by atoms with Crippen LogP contribution in [0.1, 0.15) is 15.9 Å². The number of amides is 2. The third-order valence-electron chi connectivity index (χ3n) is 2.74. The first kappa shape index (κ1) is 15.4. The van der Waals surface area contributed by atoms with Crippen LogP contribution in [0.15, 0.2) is 48.8 Å². The molecule has 0 saturated heterocycles. The van der Waals surface area contributed by atoms with Gasteiger partial charge >= 0.3 is 0 Å². The summed E-state index contributed by atoms with van der Waals surface area (Å²) in [6.07, 6.45) is 3.36. The van der Waals surface area contributed by atoms with E-state index in [2.05, 4.69) is 38.2 Å². The number of hydrogen-bond acceptors (Lipinski definition) is 3. The van der Waals surface area contributed by atoms with E-state index in [4.69, 9.17) is 0 Å². The lowest BCUT2D eigenvalue weighted by atomic mass is 10.2. The smallest absolute Gasteiger partial charge is 0.252 e. The summed E-state index contributed by atoms with van der Waals surface area (Å²) in [5.41, 5.74) is 1.48. The fourth-order valence-electron chi connectivity index (χ4n) is 1.67. The van der Waals surface area contributed by atoms with Crippen molar-refractivity contribution in [3.63, 3.8) is 0 Å². The molecule has 2 amide bonds. The van der Waals surface area contributed by atoms with Crippen LogP contribution in [0, 0.1) is 3.57 Å². The minimum atomic E-state index is -0.253. The number of halogens is 1. The molecule has 108 valence electrons. The second-order valence-electron chi connectivity index (χ2n) is 4.30. The number of benzene rings is 1. The van der Waals surface area contributed by atoms with Crippen LogP contribution in [0.2, 0.25) is 0 Å². The summed E-state index contributed by atoms with van der Waals surface area (Å²) in [5.74, 6) is -0.491. The van der Waals surface area contributed by atoms with Gasteiger partial charge in [-0.25, -0.2) is 0 Å². The second kappa shape index (κ2) is 7.72. The summed E-state index contributed by atoms with van der Waals surface area (Å²) in [6, 6.07) is 10.9. The van der Waals surface area contributed by atoms with E-state index in [9.17, 15) is 9.59 Å². The standard InChI is InChI=1S/C15H14IN3O2/c16-13-6-2-1-5-12(13)15(21)19-10-14(20)18-9-11-4-3-7-17-8-11/h1-8H,9-10H2,(H,18,20)(H,19,21). The predicted octanol–water partition coefficient (Wildman–Crippen LogP) is 1.73. The van der Waals surface area contributed by atoms with Crippen molar-refractivity contribution < 1.29 is 9.59 Å². The van der Waals surface area contributed by atoms with E-state index in [1.807, 2.05) is 18.2 Å². The number of rotatable bonds is 5. The van der Waals surface area contributed by atoms with Crippen molar-refractivity contribution in [2.45, 2.75) is 6.54 Å². The molecule has 0 atom stereocenters. The maximum atomic E-state index is 11.9. The molecule has 1 heterocycles. The van der Waals surface area contributed by atoms with Crippen molar-refractivity contribution in [2.75, 3.05) is 6.54 Å². The first-order valence-electron chi connectivity index (χ1n) is 6.35. The van der Waals surface area contributed by atoms with Gasteiger partial charge in [0.2, 0.25) is 5.91 Å². The Bertz CT molecular complexity index is 632. The van der Waals surface area contributed by atoms with Crippen molar-refractivity contribution in [3.05, 3.63) is 63.5 Å². The summed E-state index contributed by atoms with van der Waals surface area (Å²) in [5, 5.41) is 5.33. The highest BCUT2D eigenvalue weighted by Gasteiger charge is 2.10. The molecule has 5 nitrogen and oxygen atoms in total. The van der Waals surface area contributed by atoms with E-state index in [1.54, 1.807) is 30.6 Å². The van der Waals surface area contributed by atoms with Gasteiger partial charge in [0.1, 0.15) is 0 Å². The Kier molecular flexibility index (Phi) is 5.68. The Morgan fingerprint density at radius 1 is 1.10 bits per heavy atom. The van der Waals surface area contributed by atoms with E-state index in [0.717, 1.165) is 9.13 Å². The fraction of sp³-hybridized carbons (Fsp3) is 0.133. The van der Waals surface area contributed by atoms with Gasteiger partial charge in [-0.05, 0) is 46.4 Å². The highest BCUT2D eigenvalue weighted by Crippen LogP contribution is 2.10. The van der Waals surface area contributed by atoms with E-state index >= 15 is 0 Å². The number of carbonyl (C=O) groups excluding carboxylic acids is 2. The quantitative estimate of drug-likeness (QED) is 0.758. The predicted molar refractivity (Wildman–Crippen MR) is 87.6 cm³/mol. The molecule has 0 aliphatic rings. The van der Waals surface area contributed by atoms with Crippen LogP contribution in [-0.4, -0.2) is 23.3 Å². The normalized spacial score (nSPS) is 9.95. The van der Waals surface area contributed by atoms with Gasteiger partial charge in [0.25, 0.3) is 5.91 Å². The third-order valence-corrected chi connectivity index (χ3v) is 3.68. The molecule has 2 N–H and O–H groups in total. The number of aromatic nitrogens is 1. The Balaban J connectivity index is 1.79. The first-order valence-corrected chi connectivity index (χ1v) is 7.43. The minimum Gasteiger partial charge on any atom is -0.350 e. The van der Waals surface area contributed by atoms with Crippen LogP contribution in [0.4, 0.5) is 0 Å².